The van der Waals surface area contributed by atoms with Crippen LogP contribution >= 0.6 is 22.9 Å². The van der Waals surface area contributed by atoms with Crippen LogP contribution in [0.3, 0.4) is 0 Å². The largest absolute Gasteiger partial charge is 0.496 e. The SMILES string of the molecule is CCCC1=C(C(=O)OCC)[C@H](c2c(OC)ccc3ccccc23)n2c(s/c(=C\c3cc(Cl)ccc3OCc3ccc(F)cc3)c2=O)=N1. The Bertz CT molecular complexity index is 2190. The first-order valence-corrected chi connectivity index (χ1v) is 16.5. The molecule has 0 saturated carbocycles. The molecule has 0 amide bonds. The molecule has 1 aliphatic rings. The molecular formula is C37H32ClFN2O5S. The predicted octanol–water partition coefficient (Wildman–Crippen LogP) is 7.11. The second kappa shape index (κ2) is 13.9. The Morgan fingerprint density at radius 2 is 1.81 bits per heavy atom. The van der Waals surface area contributed by atoms with Crippen LogP contribution in [0.2, 0.25) is 5.02 Å². The van der Waals surface area contributed by atoms with Crippen molar-refractivity contribution in [3.63, 3.8) is 0 Å². The van der Waals surface area contributed by atoms with Crippen molar-refractivity contribution in [2.75, 3.05) is 13.7 Å². The number of carbonyl (C=O) groups excluding carboxylic acids is 1. The topological polar surface area (TPSA) is 79.1 Å². The van der Waals surface area contributed by atoms with Crippen LogP contribution in [-0.4, -0.2) is 24.3 Å². The summed E-state index contributed by atoms with van der Waals surface area (Å²) in [5.74, 6) is 0.175. The summed E-state index contributed by atoms with van der Waals surface area (Å²) in [6.07, 6.45) is 2.96. The quantitative estimate of drug-likeness (QED) is 0.148. The average Bonchev–Trinajstić information content (AvgIpc) is 3.38. The normalized spacial score (nSPS) is 14.6. The van der Waals surface area contributed by atoms with Crippen LogP contribution in [0.15, 0.2) is 99.9 Å². The highest BCUT2D eigenvalue weighted by Gasteiger charge is 2.37. The molecule has 7 nitrogen and oxygen atoms in total. The van der Waals surface area contributed by atoms with Crippen molar-refractivity contribution in [2.24, 2.45) is 4.99 Å². The van der Waals surface area contributed by atoms with Gasteiger partial charge in [-0.3, -0.25) is 9.36 Å². The molecule has 0 unspecified atom stereocenters. The molecule has 0 N–H and O–H groups in total. The van der Waals surface area contributed by atoms with Crippen molar-refractivity contribution in [1.82, 2.24) is 4.57 Å². The fraction of sp³-hybridized carbons (Fsp3) is 0.216. The van der Waals surface area contributed by atoms with Gasteiger partial charge in [0, 0.05) is 16.1 Å². The zero-order valence-electron chi connectivity index (χ0n) is 26.1. The maximum Gasteiger partial charge on any atom is 0.338 e. The molecule has 0 saturated heterocycles. The Kier molecular flexibility index (Phi) is 9.56. The number of hydrogen-bond donors (Lipinski definition) is 0. The van der Waals surface area contributed by atoms with E-state index in [4.69, 9.17) is 30.8 Å². The number of hydrogen-bond acceptors (Lipinski definition) is 7. The number of aromatic nitrogens is 1. The second-order valence-corrected chi connectivity index (χ2v) is 12.4. The Labute approximate surface area is 279 Å². The molecular weight excluding hydrogens is 639 g/mol. The number of benzene rings is 4. The van der Waals surface area contributed by atoms with E-state index >= 15 is 0 Å². The van der Waals surface area contributed by atoms with Gasteiger partial charge in [-0.2, -0.15) is 0 Å². The minimum Gasteiger partial charge on any atom is -0.496 e. The molecule has 10 heteroatoms. The maximum atomic E-state index is 14.5. The van der Waals surface area contributed by atoms with E-state index in [2.05, 4.69) is 0 Å². The van der Waals surface area contributed by atoms with E-state index in [1.54, 1.807) is 55.0 Å². The van der Waals surface area contributed by atoms with E-state index in [1.165, 1.54) is 23.5 Å². The Balaban J connectivity index is 1.57. The molecule has 240 valence electrons. The molecule has 1 atom stereocenters. The van der Waals surface area contributed by atoms with Crippen LogP contribution in [0.25, 0.3) is 16.8 Å². The summed E-state index contributed by atoms with van der Waals surface area (Å²) < 4.78 is 32.9. The first-order valence-electron chi connectivity index (χ1n) is 15.3. The lowest BCUT2D eigenvalue weighted by molar-refractivity contribution is -0.139. The smallest absolute Gasteiger partial charge is 0.338 e. The number of ether oxygens (including phenoxy) is 3. The third kappa shape index (κ3) is 6.46. The van der Waals surface area contributed by atoms with Crippen molar-refractivity contribution >= 4 is 45.8 Å². The Morgan fingerprint density at radius 3 is 2.55 bits per heavy atom. The monoisotopic (exact) mass is 670 g/mol. The van der Waals surface area contributed by atoms with Gasteiger partial charge in [-0.25, -0.2) is 14.2 Å². The van der Waals surface area contributed by atoms with Crippen LogP contribution in [0.4, 0.5) is 4.39 Å². The molecule has 4 aromatic carbocycles. The second-order valence-electron chi connectivity index (χ2n) is 10.9. The highest BCUT2D eigenvalue weighted by Crippen LogP contribution is 2.41. The molecule has 2 heterocycles. The molecule has 1 aliphatic heterocycles. The van der Waals surface area contributed by atoms with E-state index in [-0.39, 0.29) is 24.6 Å². The summed E-state index contributed by atoms with van der Waals surface area (Å²) >= 11 is 7.62. The minimum absolute atomic E-state index is 0.168. The van der Waals surface area contributed by atoms with E-state index in [0.29, 0.717) is 54.7 Å². The van der Waals surface area contributed by atoms with Crippen LogP contribution in [-0.2, 0) is 16.1 Å². The summed E-state index contributed by atoms with van der Waals surface area (Å²) in [6, 6.07) is 22.0. The van der Waals surface area contributed by atoms with E-state index in [9.17, 15) is 14.0 Å². The molecule has 1 aromatic heterocycles. The van der Waals surface area contributed by atoms with Crippen LogP contribution in [0, 0.1) is 5.82 Å². The Morgan fingerprint density at radius 1 is 1.04 bits per heavy atom. The number of methoxy groups -OCH3 is 1. The third-order valence-corrected chi connectivity index (χ3v) is 9.10. The molecule has 47 heavy (non-hydrogen) atoms. The minimum atomic E-state index is -0.858. The van der Waals surface area contributed by atoms with E-state index in [1.807, 2.05) is 43.3 Å². The van der Waals surface area contributed by atoms with Gasteiger partial charge < -0.3 is 14.2 Å². The van der Waals surface area contributed by atoms with Crippen molar-refractivity contribution < 1.29 is 23.4 Å². The highest BCUT2D eigenvalue weighted by molar-refractivity contribution is 7.07. The van der Waals surface area contributed by atoms with E-state index in [0.717, 1.165) is 22.8 Å². The number of esters is 1. The van der Waals surface area contributed by atoms with Gasteiger partial charge in [-0.05, 0) is 72.2 Å². The molecule has 0 radical (unpaired) electrons. The number of halogens is 2. The zero-order valence-corrected chi connectivity index (χ0v) is 27.7. The lowest BCUT2D eigenvalue weighted by Gasteiger charge is -2.28. The van der Waals surface area contributed by atoms with Crippen LogP contribution < -0.4 is 24.4 Å². The summed E-state index contributed by atoms with van der Waals surface area (Å²) in [6.45, 7) is 4.12. The van der Waals surface area contributed by atoms with Gasteiger partial charge in [-0.1, -0.05) is 78.7 Å². The van der Waals surface area contributed by atoms with Gasteiger partial charge in [0.15, 0.2) is 4.80 Å². The molecule has 0 bridgehead atoms. The van der Waals surface area contributed by atoms with Crippen LogP contribution in [0.5, 0.6) is 11.5 Å². The first-order chi connectivity index (χ1) is 22.8. The fourth-order valence-corrected chi connectivity index (χ4v) is 6.97. The van der Waals surface area contributed by atoms with Crippen molar-refractivity contribution in [2.45, 2.75) is 39.3 Å². The first kappa shape index (κ1) is 32.2. The number of nitrogens with zero attached hydrogens (tertiary/aromatic N) is 2. The number of allylic oxidation sites excluding steroid dienone is 1. The summed E-state index contributed by atoms with van der Waals surface area (Å²) in [4.78, 5) is 33.6. The van der Waals surface area contributed by atoms with Crippen molar-refractivity contribution in [3.8, 4) is 11.5 Å². The molecule has 0 aliphatic carbocycles. The fourth-order valence-electron chi connectivity index (χ4n) is 5.78. The number of rotatable bonds is 10. The zero-order chi connectivity index (χ0) is 33.1. The Hall–Kier alpha value is -4.73. The summed E-state index contributed by atoms with van der Waals surface area (Å²) in [7, 11) is 1.57. The molecule has 5 aromatic rings. The highest BCUT2D eigenvalue weighted by atomic mass is 35.5. The molecule has 0 fully saturated rings. The summed E-state index contributed by atoms with van der Waals surface area (Å²) in [5.41, 5.74) is 2.60. The summed E-state index contributed by atoms with van der Waals surface area (Å²) in [5, 5.41) is 2.24. The number of fused-ring (bicyclic) bond motifs is 2. The molecule has 0 spiro atoms. The van der Waals surface area contributed by atoms with Crippen molar-refractivity contribution in [1.29, 1.82) is 0 Å². The maximum absolute atomic E-state index is 14.5. The van der Waals surface area contributed by atoms with Gasteiger partial charge in [0.2, 0.25) is 0 Å². The lowest BCUT2D eigenvalue weighted by atomic mass is 9.90. The van der Waals surface area contributed by atoms with Crippen LogP contribution in [0.1, 0.15) is 49.4 Å². The van der Waals surface area contributed by atoms with Gasteiger partial charge in [0.1, 0.15) is 30.0 Å². The predicted molar refractivity (Wildman–Crippen MR) is 182 cm³/mol. The average molecular weight is 671 g/mol. The van der Waals surface area contributed by atoms with Gasteiger partial charge >= 0.3 is 5.97 Å². The number of carbonyl (C=O) groups is 1. The van der Waals surface area contributed by atoms with Gasteiger partial charge in [0.05, 0.1) is 29.5 Å². The van der Waals surface area contributed by atoms with Gasteiger partial charge in [0.25, 0.3) is 5.56 Å². The standard InChI is InChI=1S/C37H32ClFN2O5S/c1-4-8-28-33(36(43)45-5-2)34(32-27-10-7-6-9-23(27)13-17-30(32)44-3)41-35(42)31(47-37(41)40-28)20-24-19-25(38)14-18-29(24)46-21-22-11-15-26(39)16-12-22/h6-7,9-20,34H,4-5,8,21H2,1-3H3/b31-20-/t34-/m0/s1. The van der Waals surface area contributed by atoms with Crippen molar-refractivity contribution in [3.05, 3.63) is 137 Å². The molecule has 6 rings (SSSR count). The number of thiazole rings is 1. The lowest BCUT2D eigenvalue weighted by Crippen LogP contribution is -2.40. The van der Waals surface area contributed by atoms with E-state index < -0.39 is 12.0 Å². The third-order valence-electron chi connectivity index (χ3n) is 7.88. The van der Waals surface area contributed by atoms with Gasteiger partial charge in [-0.15, -0.1) is 0 Å².